The van der Waals surface area contributed by atoms with E-state index < -0.39 is 0 Å². The molecule has 2 N–H and O–H groups in total. The van der Waals surface area contributed by atoms with Crippen LogP contribution in [0.15, 0.2) is 42.5 Å². The highest BCUT2D eigenvalue weighted by molar-refractivity contribution is 6.34. The Balaban J connectivity index is 2.26. The first-order valence-corrected chi connectivity index (χ1v) is 6.34. The largest absolute Gasteiger partial charge is 0.355 e. The van der Waals surface area contributed by atoms with E-state index in [1.165, 1.54) is 0 Å². The lowest BCUT2D eigenvalue weighted by Gasteiger charge is -2.11. The van der Waals surface area contributed by atoms with E-state index in [1.54, 1.807) is 19.2 Å². The fourth-order valence-corrected chi connectivity index (χ4v) is 2.05. The van der Waals surface area contributed by atoms with Crippen LogP contribution in [0, 0.1) is 6.92 Å². The number of anilines is 2. The van der Waals surface area contributed by atoms with Crippen molar-refractivity contribution >= 4 is 28.9 Å². The molecule has 0 saturated carbocycles. The van der Waals surface area contributed by atoms with Gasteiger partial charge in [0.2, 0.25) is 0 Å². The van der Waals surface area contributed by atoms with Crippen LogP contribution in [0.2, 0.25) is 5.02 Å². The maximum Gasteiger partial charge on any atom is 0.252 e. The Bertz CT molecular complexity index is 611. The molecule has 1 amide bonds. The molecule has 0 saturated heterocycles. The minimum absolute atomic E-state index is 0.188. The van der Waals surface area contributed by atoms with Gasteiger partial charge in [-0.15, -0.1) is 0 Å². The van der Waals surface area contributed by atoms with E-state index in [-0.39, 0.29) is 5.91 Å². The second-order valence-corrected chi connectivity index (χ2v) is 4.62. The number of para-hydroxylation sites is 1. The number of hydrogen-bond donors (Lipinski definition) is 2. The molecule has 0 aliphatic heterocycles. The van der Waals surface area contributed by atoms with Crippen LogP contribution in [0.3, 0.4) is 0 Å². The van der Waals surface area contributed by atoms with Gasteiger partial charge in [-0.05, 0) is 36.8 Å². The normalized spacial score (nSPS) is 10.1. The summed E-state index contributed by atoms with van der Waals surface area (Å²) in [5.41, 5.74) is 3.49. The lowest BCUT2D eigenvalue weighted by Crippen LogP contribution is -2.18. The molecule has 2 rings (SSSR count). The van der Waals surface area contributed by atoms with Gasteiger partial charge >= 0.3 is 0 Å². The average molecular weight is 275 g/mol. The van der Waals surface area contributed by atoms with Crippen molar-refractivity contribution in [2.24, 2.45) is 0 Å². The zero-order chi connectivity index (χ0) is 13.8. The Kier molecular flexibility index (Phi) is 4.07. The van der Waals surface area contributed by atoms with Gasteiger partial charge in [-0.1, -0.05) is 29.8 Å². The third kappa shape index (κ3) is 3.06. The molecule has 0 atom stereocenters. The molecule has 19 heavy (non-hydrogen) atoms. The highest BCUT2D eigenvalue weighted by Crippen LogP contribution is 2.25. The van der Waals surface area contributed by atoms with Crippen LogP contribution in [0.4, 0.5) is 11.4 Å². The SMILES string of the molecule is CNC(=O)c1ccc(Nc2ccccc2C)cc1Cl. The summed E-state index contributed by atoms with van der Waals surface area (Å²) in [7, 11) is 1.58. The molecule has 0 heterocycles. The fourth-order valence-electron chi connectivity index (χ4n) is 1.78. The van der Waals surface area contributed by atoms with Crippen molar-refractivity contribution in [1.29, 1.82) is 0 Å². The number of hydrogen-bond acceptors (Lipinski definition) is 2. The maximum atomic E-state index is 11.5. The molecule has 0 bridgehead atoms. The number of carbonyl (C=O) groups excluding carboxylic acids is 1. The fraction of sp³-hybridized carbons (Fsp3) is 0.133. The zero-order valence-corrected chi connectivity index (χ0v) is 11.6. The maximum absolute atomic E-state index is 11.5. The Hall–Kier alpha value is -2.00. The van der Waals surface area contributed by atoms with Gasteiger partial charge in [0, 0.05) is 18.4 Å². The molecule has 0 spiro atoms. The van der Waals surface area contributed by atoms with Crippen molar-refractivity contribution < 1.29 is 4.79 Å². The second-order valence-electron chi connectivity index (χ2n) is 4.21. The lowest BCUT2D eigenvalue weighted by molar-refractivity contribution is 0.0963. The number of amides is 1. The number of nitrogens with one attached hydrogen (secondary N) is 2. The van der Waals surface area contributed by atoms with Crippen molar-refractivity contribution in [2.45, 2.75) is 6.92 Å². The summed E-state index contributed by atoms with van der Waals surface area (Å²) in [5.74, 6) is -0.188. The smallest absolute Gasteiger partial charge is 0.252 e. The number of rotatable bonds is 3. The van der Waals surface area contributed by atoms with Gasteiger partial charge in [0.25, 0.3) is 5.91 Å². The van der Waals surface area contributed by atoms with Crippen LogP contribution >= 0.6 is 11.6 Å². The zero-order valence-electron chi connectivity index (χ0n) is 10.8. The highest BCUT2D eigenvalue weighted by atomic mass is 35.5. The van der Waals surface area contributed by atoms with E-state index in [9.17, 15) is 4.79 Å². The van der Waals surface area contributed by atoms with E-state index in [1.807, 2.05) is 37.3 Å². The molecule has 3 nitrogen and oxygen atoms in total. The molecular weight excluding hydrogens is 260 g/mol. The van der Waals surface area contributed by atoms with Gasteiger partial charge in [0.1, 0.15) is 0 Å². The quantitative estimate of drug-likeness (QED) is 0.895. The Labute approximate surface area is 117 Å². The minimum atomic E-state index is -0.188. The topological polar surface area (TPSA) is 41.1 Å². The van der Waals surface area contributed by atoms with Gasteiger partial charge in [-0.2, -0.15) is 0 Å². The third-order valence-electron chi connectivity index (χ3n) is 2.86. The summed E-state index contributed by atoms with van der Waals surface area (Å²) in [6, 6.07) is 13.3. The Morgan fingerprint density at radius 1 is 1.16 bits per heavy atom. The van der Waals surface area contributed by atoms with E-state index in [2.05, 4.69) is 10.6 Å². The standard InChI is InChI=1S/C15H15ClN2O/c1-10-5-3-4-6-14(10)18-11-7-8-12(13(16)9-11)15(19)17-2/h3-9,18H,1-2H3,(H,17,19). The van der Waals surface area contributed by atoms with Gasteiger partial charge in [-0.25, -0.2) is 0 Å². The molecule has 0 fully saturated rings. The molecule has 4 heteroatoms. The van der Waals surface area contributed by atoms with Crippen molar-refractivity contribution in [3.63, 3.8) is 0 Å². The summed E-state index contributed by atoms with van der Waals surface area (Å²) in [6.07, 6.45) is 0. The summed E-state index contributed by atoms with van der Waals surface area (Å²) in [6.45, 7) is 2.03. The summed E-state index contributed by atoms with van der Waals surface area (Å²) in [4.78, 5) is 11.5. The van der Waals surface area contributed by atoms with Crippen LogP contribution in [-0.4, -0.2) is 13.0 Å². The molecule has 0 aromatic heterocycles. The molecule has 0 aliphatic rings. The molecule has 0 radical (unpaired) electrons. The van der Waals surface area contributed by atoms with E-state index in [0.29, 0.717) is 10.6 Å². The van der Waals surface area contributed by atoms with Crippen LogP contribution in [-0.2, 0) is 0 Å². The molecule has 2 aromatic rings. The molecule has 2 aromatic carbocycles. The molecule has 98 valence electrons. The van der Waals surface area contributed by atoms with Gasteiger partial charge in [-0.3, -0.25) is 4.79 Å². The van der Waals surface area contributed by atoms with Crippen molar-refractivity contribution in [2.75, 3.05) is 12.4 Å². The first kappa shape index (κ1) is 13.4. The van der Waals surface area contributed by atoms with Crippen molar-refractivity contribution in [1.82, 2.24) is 5.32 Å². The summed E-state index contributed by atoms with van der Waals surface area (Å²) in [5, 5.41) is 6.27. The number of benzene rings is 2. The van der Waals surface area contributed by atoms with Gasteiger partial charge in [0.15, 0.2) is 0 Å². The molecular formula is C15H15ClN2O. The average Bonchev–Trinajstić information content (AvgIpc) is 2.41. The van der Waals surface area contributed by atoms with Crippen LogP contribution < -0.4 is 10.6 Å². The Morgan fingerprint density at radius 3 is 2.53 bits per heavy atom. The molecule has 0 aliphatic carbocycles. The second kappa shape index (κ2) is 5.76. The van der Waals surface area contributed by atoms with E-state index in [0.717, 1.165) is 16.9 Å². The highest BCUT2D eigenvalue weighted by Gasteiger charge is 2.09. The minimum Gasteiger partial charge on any atom is -0.355 e. The number of halogens is 1. The third-order valence-corrected chi connectivity index (χ3v) is 3.18. The van der Waals surface area contributed by atoms with Crippen molar-refractivity contribution in [3.05, 3.63) is 58.6 Å². The van der Waals surface area contributed by atoms with Gasteiger partial charge < -0.3 is 10.6 Å². The predicted octanol–water partition coefficient (Wildman–Crippen LogP) is 3.75. The molecule has 0 unspecified atom stereocenters. The predicted molar refractivity (Wildman–Crippen MR) is 79.3 cm³/mol. The van der Waals surface area contributed by atoms with Crippen LogP contribution in [0.25, 0.3) is 0 Å². The first-order chi connectivity index (χ1) is 9.11. The summed E-state index contributed by atoms with van der Waals surface area (Å²) >= 11 is 6.11. The Morgan fingerprint density at radius 2 is 1.89 bits per heavy atom. The monoisotopic (exact) mass is 274 g/mol. The number of carbonyl (C=O) groups is 1. The van der Waals surface area contributed by atoms with Crippen LogP contribution in [0.1, 0.15) is 15.9 Å². The van der Waals surface area contributed by atoms with Crippen LogP contribution in [0.5, 0.6) is 0 Å². The number of aryl methyl sites for hydroxylation is 1. The van der Waals surface area contributed by atoms with E-state index in [4.69, 9.17) is 11.6 Å². The summed E-state index contributed by atoms with van der Waals surface area (Å²) < 4.78 is 0. The lowest BCUT2D eigenvalue weighted by atomic mass is 10.1. The van der Waals surface area contributed by atoms with Crippen molar-refractivity contribution in [3.8, 4) is 0 Å². The van der Waals surface area contributed by atoms with Gasteiger partial charge in [0.05, 0.1) is 10.6 Å². The van der Waals surface area contributed by atoms with E-state index >= 15 is 0 Å². The first-order valence-electron chi connectivity index (χ1n) is 5.96.